The van der Waals surface area contributed by atoms with E-state index >= 15 is 0 Å². The Kier molecular flexibility index (Phi) is 3.06. The minimum Gasteiger partial charge on any atom is -0.377 e. The van der Waals surface area contributed by atoms with Crippen molar-refractivity contribution in [3.8, 4) is 0 Å². The molecule has 1 amide bonds. The number of carbonyl (C=O) groups excluding carboxylic acids is 1. The molecule has 0 radical (unpaired) electrons. The fourth-order valence-electron chi connectivity index (χ4n) is 2.64. The monoisotopic (exact) mass is 282 g/mol. The van der Waals surface area contributed by atoms with Crippen LogP contribution < -0.4 is 9.80 Å². The lowest BCUT2D eigenvalue weighted by atomic mass is 10.1. The summed E-state index contributed by atoms with van der Waals surface area (Å²) in [5, 5.41) is 0.226. The van der Waals surface area contributed by atoms with Crippen LogP contribution in [0.3, 0.4) is 0 Å². The first-order valence-electron chi connectivity index (χ1n) is 6.31. The number of halogens is 1. The summed E-state index contributed by atoms with van der Waals surface area (Å²) in [5.41, 5.74) is 1.57. The number of rotatable bonds is 1. The van der Waals surface area contributed by atoms with Gasteiger partial charge in [0.25, 0.3) is 5.91 Å². The lowest BCUT2D eigenvalue weighted by Crippen LogP contribution is -2.58. The standard InChI is InChI=1S/C12H15ClN4O2/c1-3-7-9-10(15-12(13)14-7)17-4-5-19-6-8(17)11(18)16(9)2/h8H,3-6H2,1-2H3. The molecule has 0 bridgehead atoms. The molecule has 6 nitrogen and oxygen atoms in total. The molecule has 1 fully saturated rings. The Morgan fingerprint density at radius 1 is 1.47 bits per heavy atom. The lowest BCUT2D eigenvalue weighted by molar-refractivity contribution is -0.122. The Labute approximate surface area is 116 Å². The highest BCUT2D eigenvalue weighted by Gasteiger charge is 2.41. The van der Waals surface area contributed by atoms with Crippen LogP contribution in [-0.2, 0) is 16.0 Å². The Hall–Kier alpha value is -1.40. The summed E-state index contributed by atoms with van der Waals surface area (Å²) in [6.07, 6.45) is 0.706. The van der Waals surface area contributed by atoms with E-state index in [9.17, 15) is 4.79 Å². The minimum atomic E-state index is -0.304. The van der Waals surface area contributed by atoms with Crippen molar-refractivity contribution in [1.29, 1.82) is 0 Å². The number of aryl methyl sites for hydroxylation is 1. The first-order chi connectivity index (χ1) is 9.13. The number of ether oxygens (including phenoxy) is 1. The van der Waals surface area contributed by atoms with Gasteiger partial charge in [-0.3, -0.25) is 4.79 Å². The number of nitrogens with zero attached hydrogens (tertiary/aromatic N) is 4. The molecule has 1 aromatic rings. The molecule has 3 heterocycles. The molecule has 1 unspecified atom stereocenters. The molecule has 0 aliphatic carbocycles. The number of hydrogen-bond acceptors (Lipinski definition) is 5. The summed E-state index contributed by atoms with van der Waals surface area (Å²) < 4.78 is 5.39. The second kappa shape index (κ2) is 4.61. The summed E-state index contributed by atoms with van der Waals surface area (Å²) in [7, 11) is 1.75. The van der Waals surface area contributed by atoms with Crippen LogP contribution in [-0.4, -0.2) is 48.7 Å². The van der Waals surface area contributed by atoms with Crippen LogP contribution in [0.5, 0.6) is 0 Å². The van der Waals surface area contributed by atoms with Gasteiger partial charge in [-0.25, -0.2) is 4.98 Å². The second-order valence-electron chi connectivity index (χ2n) is 4.65. The molecule has 1 saturated heterocycles. The number of anilines is 2. The third-order valence-corrected chi connectivity index (χ3v) is 3.77. The fraction of sp³-hybridized carbons (Fsp3) is 0.583. The number of fused-ring (bicyclic) bond motifs is 3. The van der Waals surface area contributed by atoms with Crippen molar-refractivity contribution in [3.63, 3.8) is 0 Å². The zero-order valence-corrected chi connectivity index (χ0v) is 11.6. The van der Waals surface area contributed by atoms with Crippen molar-refractivity contribution in [1.82, 2.24) is 9.97 Å². The van der Waals surface area contributed by atoms with Gasteiger partial charge in [0.05, 0.1) is 18.9 Å². The molecule has 19 heavy (non-hydrogen) atoms. The van der Waals surface area contributed by atoms with Crippen molar-refractivity contribution >= 4 is 29.0 Å². The van der Waals surface area contributed by atoms with Gasteiger partial charge in [-0.2, -0.15) is 4.98 Å². The molecule has 102 valence electrons. The van der Waals surface area contributed by atoms with E-state index in [1.54, 1.807) is 11.9 Å². The quantitative estimate of drug-likeness (QED) is 0.716. The maximum atomic E-state index is 12.4. The number of amides is 1. The van der Waals surface area contributed by atoms with E-state index in [0.29, 0.717) is 26.2 Å². The maximum Gasteiger partial charge on any atom is 0.252 e. The average molecular weight is 283 g/mol. The Balaban J connectivity index is 2.19. The third-order valence-electron chi connectivity index (χ3n) is 3.60. The van der Waals surface area contributed by atoms with Crippen LogP contribution in [0, 0.1) is 0 Å². The SMILES string of the molecule is CCc1nc(Cl)nc2c1N(C)C(=O)C1COCCN21. The van der Waals surface area contributed by atoms with Gasteiger partial charge in [0.2, 0.25) is 5.28 Å². The summed E-state index contributed by atoms with van der Waals surface area (Å²) in [6, 6.07) is -0.304. The Morgan fingerprint density at radius 3 is 3.00 bits per heavy atom. The predicted octanol–water partition coefficient (Wildman–Crippen LogP) is 0.874. The molecule has 0 saturated carbocycles. The zero-order valence-electron chi connectivity index (χ0n) is 10.9. The summed E-state index contributed by atoms with van der Waals surface area (Å²) in [5.74, 6) is 0.764. The van der Waals surface area contributed by atoms with E-state index < -0.39 is 0 Å². The largest absolute Gasteiger partial charge is 0.377 e. The Bertz CT molecular complexity index is 537. The van der Waals surface area contributed by atoms with Gasteiger partial charge in [-0.05, 0) is 18.0 Å². The van der Waals surface area contributed by atoms with Crippen molar-refractivity contribution in [2.75, 3.05) is 36.6 Å². The first-order valence-corrected chi connectivity index (χ1v) is 6.69. The highest BCUT2D eigenvalue weighted by atomic mass is 35.5. The highest BCUT2D eigenvalue weighted by Crippen LogP contribution is 2.37. The summed E-state index contributed by atoms with van der Waals surface area (Å²) in [4.78, 5) is 24.5. The van der Waals surface area contributed by atoms with Crippen LogP contribution in [0.25, 0.3) is 0 Å². The molecule has 0 spiro atoms. The number of carbonyl (C=O) groups is 1. The minimum absolute atomic E-state index is 0.0211. The van der Waals surface area contributed by atoms with Gasteiger partial charge in [0.15, 0.2) is 5.82 Å². The molecule has 1 aromatic heterocycles. The molecule has 7 heteroatoms. The van der Waals surface area contributed by atoms with E-state index in [4.69, 9.17) is 16.3 Å². The van der Waals surface area contributed by atoms with Crippen molar-refractivity contribution in [3.05, 3.63) is 11.0 Å². The molecule has 2 aliphatic heterocycles. The van der Waals surface area contributed by atoms with Gasteiger partial charge < -0.3 is 14.5 Å². The van der Waals surface area contributed by atoms with Gasteiger partial charge in [0.1, 0.15) is 11.7 Å². The molecule has 2 aliphatic rings. The predicted molar refractivity (Wildman–Crippen MR) is 71.8 cm³/mol. The molecule has 1 atom stereocenters. The van der Waals surface area contributed by atoms with Crippen molar-refractivity contribution in [2.45, 2.75) is 19.4 Å². The molecule has 0 N–H and O–H groups in total. The Morgan fingerprint density at radius 2 is 2.26 bits per heavy atom. The van der Waals surface area contributed by atoms with E-state index in [1.807, 2.05) is 11.8 Å². The van der Waals surface area contributed by atoms with Gasteiger partial charge in [-0.1, -0.05) is 6.92 Å². The normalized spacial score (nSPS) is 22.3. The smallest absolute Gasteiger partial charge is 0.252 e. The number of morpholine rings is 1. The van der Waals surface area contributed by atoms with E-state index in [1.165, 1.54) is 0 Å². The maximum absolute atomic E-state index is 12.4. The van der Waals surface area contributed by atoms with Gasteiger partial charge >= 0.3 is 0 Å². The fourth-order valence-corrected chi connectivity index (χ4v) is 2.83. The number of likely N-dealkylation sites (N-methyl/N-ethyl adjacent to an activating group) is 1. The van der Waals surface area contributed by atoms with E-state index in [2.05, 4.69) is 9.97 Å². The highest BCUT2D eigenvalue weighted by molar-refractivity contribution is 6.28. The van der Waals surface area contributed by atoms with Crippen LogP contribution in [0.1, 0.15) is 12.6 Å². The molecular weight excluding hydrogens is 268 g/mol. The van der Waals surface area contributed by atoms with Gasteiger partial charge in [-0.15, -0.1) is 0 Å². The first kappa shape index (κ1) is 12.6. The van der Waals surface area contributed by atoms with Crippen molar-refractivity contribution in [2.24, 2.45) is 0 Å². The van der Waals surface area contributed by atoms with Crippen LogP contribution in [0.15, 0.2) is 0 Å². The number of aromatic nitrogens is 2. The topological polar surface area (TPSA) is 58.6 Å². The summed E-state index contributed by atoms with van der Waals surface area (Å²) in [6.45, 7) is 3.62. The van der Waals surface area contributed by atoms with E-state index in [0.717, 1.165) is 17.2 Å². The van der Waals surface area contributed by atoms with Crippen LogP contribution in [0.4, 0.5) is 11.5 Å². The molecular formula is C12H15ClN4O2. The molecule has 3 rings (SSSR count). The van der Waals surface area contributed by atoms with Gasteiger partial charge in [0, 0.05) is 13.6 Å². The number of hydrogen-bond donors (Lipinski definition) is 0. The van der Waals surface area contributed by atoms with Crippen LogP contribution in [0.2, 0.25) is 5.28 Å². The zero-order chi connectivity index (χ0) is 13.6. The molecule has 0 aromatic carbocycles. The third kappa shape index (κ3) is 1.86. The lowest BCUT2D eigenvalue weighted by Gasteiger charge is -2.43. The summed E-state index contributed by atoms with van der Waals surface area (Å²) >= 11 is 5.99. The second-order valence-corrected chi connectivity index (χ2v) is 4.98. The van der Waals surface area contributed by atoms with Crippen LogP contribution >= 0.6 is 11.6 Å². The van der Waals surface area contributed by atoms with Crippen molar-refractivity contribution < 1.29 is 9.53 Å². The van der Waals surface area contributed by atoms with E-state index in [-0.39, 0.29) is 17.2 Å². The average Bonchev–Trinajstić information content (AvgIpc) is 2.43.